The number of aromatic nitrogens is 2. The molecule has 0 amide bonds. The number of hydrogen-bond donors (Lipinski definition) is 0. The molecule has 0 saturated heterocycles. The van der Waals surface area contributed by atoms with Crippen LogP contribution >= 0.6 is 0 Å². The molecule has 15 rings (SSSR count). The zero-order valence-electron chi connectivity index (χ0n) is 45.5. The first-order valence-electron chi connectivity index (χ1n) is 28.2. The summed E-state index contributed by atoms with van der Waals surface area (Å²) in [4.78, 5) is 5.41. The zero-order chi connectivity index (χ0) is 52.6. The van der Waals surface area contributed by atoms with Crippen LogP contribution in [0.25, 0.3) is 71.9 Å². The SMILES string of the molecule is CC(C)(C)c1ccc2c(c1)C1c3c(c4cc5c(cc4n3-2)c2ccc(N(c3ccccc3)C3CC=CC=C3c3ccccc3)c3c4cc(C(C)(C)C)ccc4n5c23)C=CC1N(c1ccccc1)C1CC=CC=C1c1ccccc1. The maximum atomic E-state index is 2.76. The number of nitrogens with zero attached hydrogens (tertiary/aromatic N) is 4. The summed E-state index contributed by atoms with van der Waals surface area (Å²) in [5.41, 5.74) is 22.0. The summed E-state index contributed by atoms with van der Waals surface area (Å²) in [5.74, 6) is 0.0888. The number of fused-ring (bicyclic) bond motifs is 12. The van der Waals surface area contributed by atoms with E-state index in [-0.39, 0.29) is 34.9 Å². The van der Waals surface area contributed by atoms with Crippen LogP contribution < -0.4 is 9.80 Å². The smallest absolute Gasteiger partial charge is 0.0641 e. The fourth-order valence-electron chi connectivity index (χ4n) is 14.1. The standard InChI is InChI=1S/C74H64N4/c1-73(2,3)49-35-39-63-59(43-49)69-65(75(51-27-15-9-16-28-51)61-33-21-19-31-53(61)47-23-11-7-12-24-47)41-37-55-57-46-68-58(45-67(57)77(63)71(55)69)56-38-42-66(70-60-44-50(74(4,5)6)36-40-64(60)78(68)72(56)70)76(52-29-17-10-18-30-52)62-34-22-20-32-54(62)48-25-13-8-14-26-48/h7-32,35-46,61-62,65,69H,33-34H2,1-6H3. The molecule has 0 spiro atoms. The van der Waals surface area contributed by atoms with Crippen LogP contribution in [0.3, 0.4) is 0 Å². The van der Waals surface area contributed by atoms with Crippen LogP contribution in [0.15, 0.2) is 225 Å². The summed E-state index contributed by atoms with van der Waals surface area (Å²) >= 11 is 0. The molecule has 4 heteroatoms. The Bertz CT molecular complexity index is 4340. The van der Waals surface area contributed by atoms with Crippen molar-refractivity contribution in [1.29, 1.82) is 0 Å². The first-order chi connectivity index (χ1) is 38.0. The third-order valence-corrected chi connectivity index (χ3v) is 17.8. The highest BCUT2D eigenvalue weighted by atomic mass is 15.2. The van der Waals surface area contributed by atoms with E-state index in [1.165, 1.54) is 122 Å². The Morgan fingerprint density at radius 1 is 0.500 bits per heavy atom. The van der Waals surface area contributed by atoms with Gasteiger partial charge in [0, 0.05) is 55.3 Å². The third kappa shape index (κ3) is 7.04. The fraction of sp³-hybridized carbons (Fsp3) is 0.189. The molecule has 78 heavy (non-hydrogen) atoms. The molecule has 4 aliphatic rings. The van der Waals surface area contributed by atoms with Crippen molar-refractivity contribution in [2.45, 2.75) is 89.3 Å². The van der Waals surface area contributed by atoms with Crippen LogP contribution in [0.4, 0.5) is 17.1 Å². The molecular weight excluding hydrogens is 945 g/mol. The summed E-state index contributed by atoms with van der Waals surface area (Å²) in [6.07, 6.45) is 20.8. The van der Waals surface area contributed by atoms with Crippen molar-refractivity contribution in [3.63, 3.8) is 0 Å². The molecular formula is C74H64N4. The molecule has 0 saturated carbocycles. The first-order valence-corrected chi connectivity index (χ1v) is 28.2. The van der Waals surface area contributed by atoms with Gasteiger partial charge in [0.1, 0.15) is 0 Å². The van der Waals surface area contributed by atoms with Gasteiger partial charge < -0.3 is 18.8 Å². The van der Waals surface area contributed by atoms with Crippen LogP contribution in [0, 0.1) is 0 Å². The van der Waals surface area contributed by atoms with E-state index in [1.807, 2.05) is 0 Å². The van der Waals surface area contributed by atoms with Crippen LogP contribution in [-0.2, 0) is 10.8 Å². The van der Waals surface area contributed by atoms with E-state index in [4.69, 9.17) is 0 Å². The minimum Gasteiger partial charge on any atom is -0.357 e. The predicted molar refractivity (Wildman–Crippen MR) is 331 cm³/mol. The van der Waals surface area contributed by atoms with Crippen molar-refractivity contribution < 1.29 is 0 Å². The normalized spacial score (nSPS) is 18.8. The Balaban J connectivity index is 0.986. The second kappa shape index (κ2) is 17.5. The second-order valence-corrected chi connectivity index (χ2v) is 24.3. The molecule has 4 heterocycles. The molecule has 0 radical (unpaired) electrons. The highest BCUT2D eigenvalue weighted by Crippen LogP contribution is 2.55. The Kier molecular flexibility index (Phi) is 10.4. The number of allylic oxidation sites excluding steroid dienone is 4. The molecule has 4 nitrogen and oxygen atoms in total. The van der Waals surface area contributed by atoms with Gasteiger partial charge in [-0.2, -0.15) is 0 Å². The van der Waals surface area contributed by atoms with Gasteiger partial charge in [-0.15, -0.1) is 0 Å². The van der Waals surface area contributed by atoms with Gasteiger partial charge in [0.05, 0.1) is 51.8 Å². The topological polar surface area (TPSA) is 15.8 Å². The van der Waals surface area contributed by atoms with E-state index >= 15 is 0 Å². The van der Waals surface area contributed by atoms with Crippen molar-refractivity contribution in [1.82, 2.24) is 8.97 Å². The van der Waals surface area contributed by atoms with Gasteiger partial charge in [-0.05, 0) is 123 Å². The molecule has 4 atom stereocenters. The van der Waals surface area contributed by atoms with Crippen molar-refractivity contribution in [2.75, 3.05) is 9.80 Å². The maximum Gasteiger partial charge on any atom is 0.0641 e. The fourth-order valence-corrected chi connectivity index (χ4v) is 14.1. The van der Waals surface area contributed by atoms with E-state index in [9.17, 15) is 0 Å². The van der Waals surface area contributed by atoms with Crippen LogP contribution in [0.2, 0.25) is 0 Å². The highest BCUT2D eigenvalue weighted by molar-refractivity contribution is 6.28. The first kappa shape index (κ1) is 46.7. The predicted octanol–water partition coefficient (Wildman–Crippen LogP) is 18.7. The Labute approximate surface area is 458 Å². The largest absolute Gasteiger partial charge is 0.357 e. The molecule has 380 valence electrons. The lowest BCUT2D eigenvalue weighted by Crippen LogP contribution is -2.47. The van der Waals surface area contributed by atoms with Gasteiger partial charge in [-0.3, -0.25) is 0 Å². The number of rotatable bonds is 8. The molecule has 3 aliphatic carbocycles. The quantitative estimate of drug-likeness (QED) is 0.151. The van der Waals surface area contributed by atoms with E-state index in [2.05, 4.69) is 291 Å². The van der Waals surface area contributed by atoms with Crippen molar-refractivity contribution in [3.05, 3.63) is 264 Å². The van der Waals surface area contributed by atoms with Crippen molar-refractivity contribution in [2.24, 2.45) is 0 Å². The number of benzene rings is 8. The van der Waals surface area contributed by atoms with Crippen LogP contribution in [0.1, 0.15) is 99.4 Å². The molecule has 0 fully saturated rings. The number of hydrogen-bond acceptors (Lipinski definition) is 2. The molecule has 0 N–H and O–H groups in total. The minimum atomic E-state index is -0.0331. The number of anilines is 3. The average Bonchev–Trinajstić information content (AvgIpc) is 3.83. The molecule has 1 aliphatic heterocycles. The summed E-state index contributed by atoms with van der Waals surface area (Å²) in [5, 5.41) is 6.48. The Morgan fingerprint density at radius 2 is 1.09 bits per heavy atom. The highest BCUT2D eigenvalue weighted by Gasteiger charge is 2.45. The third-order valence-electron chi connectivity index (χ3n) is 17.8. The van der Waals surface area contributed by atoms with Gasteiger partial charge >= 0.3 is 0 Å². The number of para-hydroxylation sites is 2. The molecule has 8 aromatic carbocycles. The lowest BCUT2D eigenvalue weighted by Gasteiger charge is -2.44. The molecule has 3 aromatic heterocycles. The van der Waals surface area contributed by atoms with Gasteiger partial charge in [-0.25, -0.2) is 0 Å². The summed E-state index contributed by atoms with van der Waals surface area (Å²) in [7, 11) is 0. The van der Waals surface area contributed by atoms with Gasteiger partial charge in [0.25, 0.3) is 0 Å². The van der Waals surface area contributed by atoms with Gasteiger partial charge in [-0.1, -0.05) is 211 Å². The molecule has 4 unspecified atom stereocenters. The lowest BCUT2D eigenvalue weighted by atomic mass is 9.78. The Hall–Kier alpha value is -8.60. The van der Waals surface area contributed by atoms with E-state index in [1.54, 1.807) is 0 Å². The van der Waals surface area contributed by atoms with Crippen LogP contribution in [0.5, 0.6) is 0 Å². The molecule has 11 aromatic rings. The monoisotopic (exact) mass is 1010 g/mol. The summed E-state index contributed by atoms with van der Waals surface area (Å²) < 4.78 is 5.30. The van der Waals surface area contributed by atoms with Crippen LogP contribution in [-0.4, -0.2) is 27.1 Å². The van der Waals surface area contributed by atoms with Crippen molar-refractivity contribution >= 4 is 83.3 Å². The Morgan fingerprint density at radius 3 is 1.76 bits per heavy atom. The van der Waals surface area contributed by atoms with Gasteiger partial charge in [0.2, 0.25) is 0 Å². The van der Waals surface area contributed by atoms with Gasteiger partial charge in [0.15, 0.2) is 0 Å². The average molecular weight is 1010 g/mol. The summed E-state index contributed by atoms with van der Waals surface area (Å²) in [6.45, 7) is 14.1. The van der Waals surface area contributed by atoms with E-state index < -0.39 is 0 Å². The molecule has 0 bridgehead atoms. The minimum absolute atomic E-state index is 0.0148. The van der Waals surface area contributed by atoms with E-state index in [0.29, 0.717) is 0 Å². The summed E-state index contributed by atoms with van der Waals surface area (Å²) in [6, 6.07) is 69.3. The zero-order valence-corrected chi connectivity index (χ0v) is 45.5. The van der Waals surface area contributed by atoms with Crippen molar-refractivity contribution in [3.8, 4) is 5.69 Å². The lowest BCUT2D eigenvalue weighted by molar-refractivity contribution is 0.568. The maximum absolute atomic E-state index is 2.76. The van der Waals surface area contributed by atoms with E-state index in [0.717, 1.165) is 12.8 Å². The second-order valence-electron chi connectivity index (χ2n) is 24.3.